The number of carbonyl (C=O) groups excluding carboxylic acids is 1. The van der Waals surface area contributed by atoms with Crippen molar-refractivity contribution >= 4 is 17.5 Å². The van der Waals surface area contributed by atoms with Crippen LogP contribution in [0.2, 0.25) is 5.02 Å². The first-order valence-corrected chi connectivity index (χ1v) is 6.85. The van der Waals surface area contributed by atoms with Crippen LogP contribution < -0.4 is 10.1 Å². The van der Waals surface area contributed by atoms with Crippen LogP contribution in [-0.2, 0) is 16.1 Å². The molecule has 1 aromatic carbocycles. The molecule has 7 heteroatoms. The molecule has 6 nitrogen and oxygen atoms in total. The largest absolute Gasteiger partial charge is 0.503 e. The summed E-state index contributed by atoms with van der Waals surface area (Å²) < 4.78 is 9.91. The second-order valence-corrected chi connectivity index (χ2v) is 5.05. The smallest absolute Gasteiger partial charge is 0.234 e. The van der Waals surface area contributed by atoms with E-state index in [0.29, 0.717) is 25.4 Å². The second kappa shape index (κ2) is 8.71. The quantitative estimate of drug-likeness (QED) is 0.706. The van der Waals surface area contributed by atoms with Gasteiger partial charge in [0.15, 0.2) is 11.5 Å². The topological polar surface area (TPSA) is 71.0 Å². The summed E-state index contributed by atoms with van der Waals surface area (Å²) in [6.07, 6.45) is 0. The summed E-state index contributed by atoms with van der Waals surface area (Å²) in [6, 6.07) is 3.35. The minimum atomic E-state index is -0.0807. The summed E-state index contributed by atoms with van der Waals surface area (Å²) >= 11 is 5.93. The molecular formula is C14H21ClN2O4. The molecule has 0 aliphatic carbocycles. The third-order valence-corrected chi connectivity index (χ3v) is 3.09. The molecule has 0 unspecified atom stereocenters. The monoisotopic (exact) mass is 316 g/mol. The third kappa shape index (κ3) is 5.79. The summed E-state index contributed by atoms with van der Waals surface area (Å²) in [5.74, 6) is 0.157. The van der Waals surface area contributed by atoms with Crippen LogP contribution in [-0.4, -0.2) is 56.9 Å². The van der Waals surface area contributed by atoms with Gasteiger partial charge >= 0.3 is 0 Å². The summed E-state index contributed by atoms with van der Waals surface area (Å²) in [6.45, 7) is 1.74. The molecule has 0 heterocycles. The molecule has 0 aliphatic heterocycles. The highest BCUT2D eigenvalue weighted by molar-refractivity contribution is 6.32. The molecule has 1 rings (SSSR count). The summed E-state index contributed by atoms with van der Waals surface area (Å²) in [7, 11) is 4.87. The van der Waals surface area contributed by atoms with Crippen LogP contribution in [0.1, 0.15) is 5.56 Å². The van der Waals surface area contributed by atoms with Gasteiger partial charge in [-0.15, -0.1) is 0 Å². The number of nitrogens with zero attached hydrogens (tertiary/aromatic N) is 1. The van der Waals surface area contributed by atoms with Gasteiger partial charge in [-0.3, -0.25) is 9.69 Å². The Morgan fingerprint density at radius 2 is 2.14 bits per heavy atom. The Labute approximate surface area is 129 Å². The molecule has 0 saturated carbocycles. The van der Waals surface area contributed by atoms with Crippen LogP contribution in [0, 0.1) is 0 Å². The Morgan fingerprint density at radius 1 is 1.43 bits per heavy atom. The number of phenols is 1. The Kier molecular flexibility index (Phi) is 7.28. The van der Waals surface area contributed by atoms with Crippen LogP contribution in [0.5, 0.6) is 11.5 Å². The lowest BCUT2D eigenvalue weighted by atomic mass is 10.2. The van der Waals surface area contributed by atoms with Crippen molar-refractivity contribution in [2.45, 2.75) is 6.54 Å². The van der Waals surface area contributed by atoms with Crippen molar-refractivity contribution in [2.75, 3.05) is 41.0 Å². The summed E-state index contributed by atoms with van der Waals surface area (Å²) in [5.41, 5.74) is 0.849. The maximum atomic E-state index is 11.7. The van der Waals surface area contributed by atoms with E-state index in [-0.39, 0.29) is 23.2 Å². The molecule has 0 bridgehead atoms. The average Bonchev–Trinajstić information content (AvgIpc) is 2.42. The fourth-order valence-electron chi connectivity index (χ4n) is 1.84. The number of hydrogen-bond acceptors (Lipinski definition) is 5. The SMILES string of the molecule is COCCNC(=O)CN(C)Cc1cc(Cl)c(O)c(OC)c1. The number of methoxy groups -OCH3 is 2. The van der Waals surface area contributed by atoms with Crippen LogP contribution in [0.4, 0.5) is 0 Å². The highest BCUT2D eigenvalue weighted by Crippen LogP contribution is 2.35. The molecule has 0 radical (unpaired) electrons. The normalized spacial score (nSPS) is 10.7. The zero-order valence-corrected chi connectivity index (χ0v) is 13.2. The second-order valence-electron chi connectivity index (χ2n) is 4.64. The van der Waals surface area contributed by atoms with Crippen molar-refractivity contribution in [3.05, 3.63) is 22.7 Å². The van der Waals surface area contributed by atoms with Gasteiger partial charge in [0.25, 0.3) is 0 Å². The molecule has 0 aromatic heterocycles. The molecule has 21 heavy (non-hydrogen) atoms. The lowest BCUT2D eigenvalue weighted by Crippen LogP contribution is -2.36. The van der Waals surface area contributed by atoms with E-state index < -0.39 is 0 Å². The molecular weight excluding hydrogens is 296 g/mol. The van der Waals surface area contributed by atoms with Gasteiger partial charge in [0.2, 0.25) is 5.91 Å². The van der Waals surface area contributed by atoms with Gasteiger partial charge in [-0.25, -0.2) is 0 Å². The number of rotatable bonds is 8. The molecule has 118 valence electrons. The zero-order valence-electron chi connectivity index (χ0n) is 12.5. The van der Waals surface area contributed by atoms with Crippen molar-refractivity contribution < 1.29 is 19.4 Å². The van der Waals surface area contributed by atoms with Crippen molar-refractivity contribution in [1.82, 2.24) is 10.2 Å². The van der Waals surface area contributed by atoms with Gasteiger partial charge in [-0.2, -0.15) is 0 Å². The van der Waals surface area contributed by atoms with E-state index in [1.54, 1.807) is 19.2 Å². The lowest BCUT2D eigenvalue weighted by molar-refractivity contribution is -0.122. The minimum absolute atomic E-state index is 0.0774. The van der Waals surface area contributed by atoms with Crippen molar-refractivity contribution in [1.29, 1.82) is 0 Å². The van der Waals surface area contributed by atoms with Crippen LogP contribution in [0.15, 0.2) is 12.1 Å². The number of nitrogens with one attached hydrogen (secondary N) is 1. The van der Waals surface area contributed by atoms with E-state index in [2.05, 4.69) is 5.32 Å². The molecule has 0 atom stereocenters. The van der Waals surface area contributed by atoms with Crippen molar-refractivity contribution in [3.8, 4) is 11.5 Å². The molecule has 0 fully saturated rings. The van der Waals surface area contributed by atoms with E-state index in [4.69, 9.17) is 21.1 Å². The first kappa shape index (κ1) is 17.6. The number of likely N-dealkylation sites (N-methyl/N-ethyl adjacent to an activating group) is 1. The Morgan fingerprint density at radius 3 is 2.76 bits per heavy atom. The average molecular weight is 317 g/mol. The number of carbonyl (C=O) groups is 1. The Hall–Kier alpha value is -1.50. The van der Waals surface area contributed by atoms with E-state index >= 15 is 0 Å². The number of amides is 1. The number of benzene rings is 1. The van der Waals surface area contributed by atoms with Crippen LogP contribution in [0.25, 0.3) is 0 Å². The first-order chi connectivity index (χ1) is 9.97. The Balaban J connectivity index is 2.56. The predicted octanol–water partition coefficient (Wildman–Crippen LogP) is 1.25. The Bertz CT molecular complexity index is 482. The van der Waals surface area contributed by atoms with E-state index in [0.717, 1.165) is 5.56 Å². The lowest BCUT2D eigenvalue weighted by Gasteiger charge is -2.17. The molecule has 0 spiro atoms. The maximum absolute atomic E-state index is 11.7. The van der Waals surface area contributed by atoms with E-state index in [9.17, 15) is 9.90 Å². The molecule has 1 amide bonds. The van der Waals surface area contributed by atoms with Gasteiger partial charge in [-0.05, 0) is 24.7 Å². The van der Waals surface area contributed by atoms with Gasteiger partial charge in [0.05, 0.1) is 25.3 Å². The van der Waals surface area contributed by atoms with Gasteiger partial charge in [0, 0.05) is 20.2 Å². The fourth-order valence-corrected chi connectivity index (χ4v) is 2.07. The van der Waals surface area contributed by atoms with Crippen molar-refractivity contribution in [3.63, 3.8) is 0 Å². The number of halogens is 1. The molecule has 0 aliphatic rings. The van der Waals surface area contributed by atoms with Crippen LogP contribution >= 0.6 is 11.6 Å². The number of hydrogen-bond donors (Lipinski definition) is 2. The predicted molar refractivity (Wildman–Crippen MR) is 80.9 cm³/mol. The maximum Gasteiger partial charge on any atom is 0.234 e. The number of aromatic hydroxyl groups is 1. The standard InChI is InChI=1S/C14H21ClN2O4/c1-17(9-13(18)16-4-5-20-2)8-10-6-11(15)14(19)12(7-10)21-3/h6-7,19H,4-5,8-9H2,1-3H3,(H,16,18). The summed E-state index contributed by atoms with van der Waals surface area (Å²) in [5, 5.41) is 12.6. The van der Waals surface area contributed by atoms with Crippen LogP contribution in [0.3, 0.4) is 0 Å². The zero-order chi connectivity index (χ0) is 15.8. The van der Waals surface area contributed by atoms with Gasteiger partial charge < -0.3 is 19.9 Å². The minimum Gasteiger partial charge on any atom is -0.503 e. The number of phenolic OH excluding ortho intramolecular Hbond substituents is 1. The fraction of sp³-hybridized carbons (Fsp3) is 0.500. The molecule has 1 aromatic rings. The van der Waals surface area contributed by atoms with E-state index in [1.807, 2.05) is 11.9 Å². The van der Waals surface area contributed by atoms with Gasteiger partial charge in [0.1, 0.15) is 0 Å². The van der Waals surface area contributed by atoms with Gasteiger partial charge in [-0.1, -0.05) is 11.6 Å². The first-order valence-electron chi connectivity index (χ1n) is 6.47. The van der Waals surface area contributed by atoms with Crippen molar-refractivity contribution in [2.24, 2.45) is 0 Å². The van der Waals surface area contributed by atoms with E-state index in [1.165, 1.54) is 7.11 Å². The highest BCUT2D eigenvalue weighted by atomic mass is 35.5. The molecule has 0 saturated heterocycles. The summed E-state index contributed by atoms with van der Waals surface area (Å²) in [4.78, 5) is 13.5. The highest BCUT2D eigenvalue weighted by Gasteiger charge is 2.12. The number of ether oxygens (including phenoxy) is 2. The third-order valence-electron chi connectivity index (χ3n) is 2.80. The molecule has 2 N–H and O–H groups in total.